The Bertz CT molecular complexity index is 170. The van der Waals surface area contributed by atoms with Crippen LogP contribution in [0.15, 0.2) is 11.6 Å². The third-order valence-electron chi connectivity index (χ3n) is 2.62. The van der Waals surface area contributed by atoms with Crippen molar-refractivity contribution >= 4 is 6.29 Å². The molecule has 0 saturated heterocycles. The van der Waals surface area contributed by atoms with E-state index in [9.17, 15) is 4.79 Å². The van der Waals surface area contributed by atoms with E-state index in [1.165, 1.54) is 18.4 Å². The highest BCUT2D eigenvalue weighted by atomic mass is 16.1. The van der Waals surface area contributed by atoms with E-state index in [1.807, 2.05) is 0 Å². The standard InChI is InChI=1S/C10H16O/c1-3-9-5-4-8(2)10(6-9)7-11/h6-8,10H,3-5H2,1-2H3/t8-,10-/m0/s1. The van der Waals surface area contributed by atoms with Gasteiger partial charge in [0.1, 0.15) is 6.29 Å². The zero-order chi connectivity index (χ0) is 8.27. The van der Waals surface area contributed by atoms with Crippen LogP contribution in [0.1, 0.15) is 33.1 Å². The van der Waals surface area contributed by atoms with Crippen molar-refractivity contribution in [2.24, 2.45) is 11.8 Å². The van der Waals surface area contributed by atoms with E-state index in [1.54, 1.807) is 0 Å². The van der Waals surface area contributed by atoms with Gasteiger partial charge in [0.2, 0.25) is 0 Å². The molecule has 0 heterocycles. The second kappa shape index (κ2) is 3.70. The van der Waals surface area contributed by atoms with Gasteiger partial charge in [0.15, 0.2) is 0 Å². The van der Waals surface area contributed by atoms with Crippen LogP contribution in [-0.2, 0) is 4.79 Å². The van der Waals surface area contributed by atoms with Crippen LogP contribution in [0.3, 0.4) is 0 Å². The average Bonchev–Trinajstić information content (AvgIpc) is 2.05. The lowest BCUT2D eigenvalue weighted by atomic mass is 9.82. The lowest BCUT2D eigenvalue weighted by Gasteiger charge is -2.22. The molecule has 62 valence electrons. The molecule has 0 radical (unpaired) electrons. The highest BCUT2D eigenvalue weighted by Crippen LogP contribution is 2.28. The molecule has 0 aromatic carbocycles. The van der Waals surface area contributed by atoms with Crippen LogP contribution < -0.4 is 0 Å². The molecule has 0 saturated carbocycles. The molecule has 0 unspecified atom stereocenters. The van der Waals surface area contributed by atoms with Crippen molar-refractivity contribution in [1.29, 1.82) is 0 Å². The maximum atomic E-state index is 10.6. The summed E-state index contributed by atoms with van der Waals surface area (Å²) in [6.07, 6.45) is 6.72. The maximum Gasteiger partial charge on any atom is 0.127 e. The van der Waals surface area contributed by atoms with E-state index in [-0.39, 0.29) is 5.92 Å². The Labute approximate surface area is 68.5 Å². The van der Waals surface area contributed by atoms with Gasteiger partial charge in [0, 0.05) is 5.92 Å². The molecule has 11 heavy (non-hydrogen) atoms. The Morgan fingerprint density at radius 3 is 3.00 bits per heavy atom. The van der Waals surface area contributed by atoms with Crippen molar-refractivity contribution in [3.8, 4) is 0 Å². The number of carbonyl (C=O) groups is 1. The van der Waals surface area contributed by atoms with Gasteiger partial charge in [0.25, 0.3) is 0 Å². The normalized spacial score (nSPS) is 31.3. The summed E-state index contributed by atoms with van der Waals surface area (Å²) < 4.78 is 0. The summed E-state index contributed by atoms with van der Waals surface area (Å²) in [6.45, 7) is 4.31. The van der Waals surface area contributed by atoms with Crippen LogP contribution in [0.2, 0.25) is 0 Å². The lowest BCUT2D eigenvalue weighted by molar-refractivity contribution is -0.111. The first-order chi connectivity index (χ1) is 5.27. The van der Waals surface area contributed by atoms with Crippen molar-refractivity contribution in [1.82, 2.24) is 0 Å². The monoisotopic (exact) mass is 152 g/mol. The van der Waals surface area contributed by atoms with Gasteiger partial charge in [-0.1, -0.05) is 25.5 Å². The number of rotatable bonds is 2. The minimum absolute atomic E-state index is 0.193. The third kappa shape index (κ3) is 1.92. The quantitative estimate of drug-likeness (QED) is 0.439. The van der Waals surface area contributed by atoms with Crippen molar-refractivity contribution < 1.29 is 4.79 Å². The Balaban J connectivity index is 2.66. The van der Waals surface area contributed by atoms with Crippen LogP contribution in [0.5, 0.6) is 0 Å². The van der Waals surface area contributed by atoms with Crippen LogP contribution >= 0.6 is 0 Å². The largest absolute Gasteiger partial charge is 0.303 e. The van der Waals surface area contributed by atoms with Crippen LogP contribution in [-0.4, -0.2) is 6.29 Å². The van der Waals surface area contributed by atoms with Gasteiger partial charge in [-0.3, -0.25) is 0 Å². The number of carbonyl (C=O) groups excluding carboxylic acids is 1. The van der Waals surface area contributed by atoms with Gasteiger partial charge in [0.05, 0.1) is 0 Å². The summed E-state index contributed by atoms with van der Waals surface area (Å²) in [6, 6.07) is 0. The second-order valence-electron chi connectivity index (χ2n) is 3.41. The minimum Gasteiger partial charge on any atom is -0.303 e. The first kappa shape index (κ1) is 8.51. The van der Waals surface area contributed by atoms with Gasteiger partial charge >= 0.3 is 0 Å². The molecule has 1 aliphatic rings. The first-order valence-electron chi connectivity index (χ1n) is 4.42. The van der Waals surface area contributed by atoms with Crippen LogP contribution in [0.25, 0.3) is 0 Å². The fraction of sp³-hybridized carbons (Fsp3) is 0.700. The first-order valence-corrected chi connectivity index (χ1v) is 4.42. The van der Waals surface area contributed by atoms with Crippen LogP contribution in [0.4, 0.5) is 0 Å². The summed E-state index contributed by atoms with van der Waals surface area (Å²) in [5.41, 5.74) is 1.46. The molecule has 0 fully saturated rings. The van der Waals surface area contributed by atoms with Crippen molar-refractivity contribution in [3.63, 3.8) is 0 Å². The Kier molecular flexibility index (Phi) is 2.86. The number of hydrogen-bond acceptors (Lipinski definition) is 1. The van der Waals surface area contributed by atoms with Gasteiger partial charge in [-0.2, -0.15) is 0 Å². The number of allylic oxidation sites excluding steroid dienone is 2. The maximum absolute atomic E-state index is 10.6. The van der Waals surface area contributed by atoms with Crippen molar-refractivity contribution in [2.75, 3.05) is 0 Å². The molecule has 0 spiro atoms. The summed E-state index contributed by atoms with van der Waals surface area (Å²) in [7, 11) is 0. The molecule has 1 rings (SSSR count). The average molecular weight is 152 g/mol. The van der Waals surface area contributed by atoms with Gasteiger partial charge in [-0.15, -0.1) is 0 Å². The van der Waals surface area contributed by atoms with Gasteiger partial charge in [-0.05, 0) is 25.2 Å². The predicted octanol–water partition coefficient (Wildman–Crippen LogP) is 2.57. The molecular weight excluding hydrogens is 136 g/mol. The fourth-order valence-corrected chi connectivity index (χ4v) is 1.59. The van der Waals surface area contributed by atoms with Crippen LogP contribution in [0, 0.1) is 11.8 Å². The molecule has 1 aliphatic carbocycles. The predicted molar refractivity (Wildman–Crippen MR) is 46.3 cm³/mol. The van der Waals surface area contributed by atoms with E-state index in [0.717, 1.165) is 12.7 Å². The highest BCUT2D eigenvalue weighted by Gasteiger charge is 2.19. The number of hydrogen-bond donors (Lipinski definition) is 0. The molecule has 0 N–H and O–H groups in total. The molecule has 0 aliphatic heterocycles. The lowest BCUT2D eigenvalue weighted by Crippen LogP contribution is -2.15. The molecule has 2 atom stereocenters. The Hall–Kier alpha value is -0.590. The SMILES string of the molecule is CCC1=C[C@@H](C=O)[C@@H](C)CC1. The summed E-state index contributed by atoms with van der Waals surface area (Å²) in [5.74, 6) is 0.751. The molecular formula is C10H16O. The van der Waals surface area contributed by atoms with E-state index in [0.29, 0.717) is 5.92 Å². The smallest absolute Gasteiger partial charge is 0.127 e. The van der Waals surface area contributed by atoms with Crippen molar-refractivity contribution in [3.05, 3.63) is 11.6 Å². The molecule has 0 aromatic rings. The fourth-order valence-electron chi connectivity index (χ4n) is 1.59. The Morgan fingerprint density at radius 2 is 2.45 bits per heavy atom. The zero-order valence-electron chi connectivity index (χ0n) is 7.34. The number of aldehydes is 1. The molecule has 0 amide bonds. The molecule has 0 bridgehead atoms. The topological polar surface area (TPSA) is 17.1 Å². The zero-order valence-corrected chi connectivity index (χ0v) is 7.34. The molecule has 0 aromatic heterocycles. The molecule has 1 nitrogen and oxygen atoms in total. The van der Waals surface area contributed by atoms with Crippen molar-refractivity contribution in [2.45, 2.75) is 33.1 Å². The highest BCUT2D eigenvalue weighted by molar-refractivity contribution is 5.57. The van der Waals surface area contributed by atoms with Gasteiger partial charge in [-0.25, -0.2) is 0 Å². The summed E-state index contributed by atoms with van der Waals surface area (Å²) in [5, 5.41) is 0. The summed E-state index contributed by atoms with van der Waals surface area (Å²) >= 11 is 0. The second-order valence-corrected chi connectivity index (χ2v) is 3.41. The molecule has 1 heteroatoms. The third-order valence-corrected chi connectivity index (χ3v) is 2.62. The Morgan fingerprint density at radius 1 is 1.73 bits per heavy atom. The van der Waals surface area contributed by atoms with E-state index >= 15 is 0 Å². The summed E-state index contributed by atoms with van der Waals surface area (Å²) in [4.78, 5) is 10.6. The van der Waals surface area contributed by atoms with E-state index < -0.39 is 0 Å². The van der Waals surface area contributed by atoms with E-state index in [2.05, 4.69) is 19.9 Å². The van der Waals surface area contributed by atoms with Gasteiger partial charge < -0.3 is 4.79 Å². The van der Waals surface area contributed by atoms with E-state index in [4.69, 9.17) is 0 Å². The minimum atomic E-state index is 0.193.